The van der Waals surface area contributed by atoms with E-state index >= 15 is 0 Å². The first-order valence-electron chi connectivity index (χ1n) is 9.71. The van der Waals surface area contributed by atoms with Crippen LogP contribution in [-0.2, 0) is 12.4 Å². The summed E-state index contributed by atoms with van der Waals surface area (Å²) in [5, 5.41) is 8.78. The summed E-state index contributed by atoms with van der Waals surface area (Å²) >= 11 is 0. The van der Waals surface area contributed by atoms with E-state index < -0.39 is 29.0 Å². The van der Waals surface area contributed by atoms with Gasteiger partial charge in [-0.2, -0.15) is 31.6 Å². The van der Waals surface area contributed by atoms with E-state index in [1.807, 2.05) is 0 Å². The highest BCUT2D eigenvalue weighted by Crippen LogP contribution is 2.36. The molecule has 2 aromatic rings. The fourth-order valence-electron chi connectivity index (χ4n) is 3.02. The third-order valence-corrected chi connectivity index (χ3v) is 4.67. The Balaban J connectivity index is 1.42. The highest BCUT2D eigenvalue weighted by Gasteiger charge is 2.36. The summed E-state index contributed by atoms with van der Waals surface area (Å²) in [6.45, 7) is 0.649. The van der Waals surface area contributed by atoms with Gasteiger partial charge >= 0.3 is 12.4 Å². The number of ether oxygens (including phenoxy) is 2. The lowest BCUT2D eigenvalue weighted by molar-refractivity contribution is -0.138. The zero-order valence-corrected chi connectivity index (χ0v) is 16.7. The molecule has 0 amide bonds. The summed E-state index contributed by atoms with van der Waals surface area (Å²) < 4.78 is 89.2. The molecule has 0 atom stereocenters. The van der Waals surface area contributed by atoms with Crippen LogP contribution in [0.2, 0.25) is 0 Å². The highest BCUT2D eigenvalue weighted by atomic mass is 19.4. The number of halogens is 6. The molecule has 0 aliphatic carbocycles. The van der Waals surface area contributed by atoms with Crippen molar-refractivity contribution in [2.24, 2.45) is 4.99 Å². The van der Waals surface area contributed by atoms with Crippen molar-refractivity contribution in [1.29, 1.82) is 5.26 Å². The van der Waals surface area contributed by atoms with Gasteiger partial charge in [0.1, 0.15) is 11.5 Å². The molecule has 0 bridgehead atoms. The van der Waals surface area contributed by atoms with E-state index in [1.54, 1.807) is 0 Å². The summed E-state index contributed by atoms with van der Waals surface area (Å²) in [5.74, 6) is 0.114. The quantitative estimate of drug-likeness (QED) is 0.342. The topological polar surface area (TPSA) is 54.6 Å². The SMILES string of the molecule is N#Cc1ccc(OCCCCCOc2ccc(C3=NC3)c(C(F)(F)F)c2)cc1C(F)(F)F. The number of hydrogen-bond acceptors (Lipinski definition) is 4. The fraction of sp³-hybridized carbons (Fsp3) is 0.364. The summed E-state index contributed by atoms with van der Waals surface area (Å²) in [4.78, 5) is 3.82. The van der Waals surface area contributed by atoms with Gasteiger partial charge in [0.15, 0.2) is 0 Å². The number of benzene rings is 2. The minimum Gasteiger partial charge on any atom is -0.494 e. The minimum absolute atomic E-state index is 0.00705. The molecule has 3 rings (SSSR count). The number of rotatable bonds is 9. The second-order valence-corrected chi connectivity index (χ2v) is 7.04. The second-order valence-electron chi connectivity index (χ2n) is 7.04. The van der Waals surface area contributed by atoms with E-state index in [0.29, 0.717) is 31.5 Å². The van der Waals surface area contributed by atoms with Gasteiger partial charge in [0.25, 0.3) is 0 Å². The van der Waals surface area contributed by atoms with Crippen molar-refractivity contribution in [1.82, 2.24) is 0 Å². The molecule has 1 aliphatic rings. The summed E-state index contributed by atoms with van der Waals surface area (Å²) in [5.41, 5.74) is -1.81. The number of nitriles is 1. The van der Waals surface area contributed by atoms with Gasteiger partial charge in [-0.15, -0.1) is 0 Å². The van der Waals surface area contributed by atoms with Gasteiger partial charge in [0, 0.05) is 5.56 Å². The van der Waals surface area contributed by atoms with Crippen molar-refractivity contribution >= 4 is 5.71 Å². The Morgan fingerprint density at radius 1 is 0.812 bits per heavy atom. The zero-order valence-electron chi connectivity index (χ0n) is 16.7. The summed E-state index contributed by atoms with van der Waals surface area (Å²) in [6.07, 6.45) is -7.52. The van der Waals surface area contributed by atoms with Crippen molar-refractivity contribution in [2.75, 3.05) is 19.8 Å². The van der Waals surface area contributed by atoms with Crippen LogP contribution in [0.4, 0.5) is 26.3 Å². The Hall–Kier alpha value is -3.22. The normalized spacial score (nSPS) is 13.3. The van der Waals surface area contributed by atoms with Crippen LogP contribution in [0.5, 0.6) is 11.5 Å². The second kappa shape index (κ2) is 9.51. The van der Waals surface area contributed by atoms with Gasteiger partial charge in [-0.05, 0) is 55.7 Å². The molecule has 1 aliphatic heterocycles. The van der Waals surface area contributed by atoms with Crippen molar-refractivity contribution in [2.45, 2.75) is 31.6 Å². The van der Waals surface area contributed by atoms with Crippen LogP contribution in [0.25, 0.3) is 0 Å². The van der Waals surface area contributed by atoms with E-state index in [1.165, 1.54) is 24.3 Å². The highest BCUT2D eigenvalue weighted by molar-refractivity contribution is 6.11. The van der Waals surface area contributed by atoms with E-state index in [-0.39, 0.29) is 30.3 Å². The Labute approximate surface area is 180 Å². The summed E-state index contributed by atoms with van der Waals surface area (Å²) in [7, 11) is 0. The number of nitrogens with zero attached hydrogens (tertiary/aromatic N) is 2. The molecule has 4 nitrogen and oxygen atoms in total. The summed E-state index contributed by atoms with van der Waals surface area (Å²) in [6, 6.07) is 8.43. The van der Waals surface area contributed by atoms with Gasteiger partial charge in [0.2, 0.25) is 0 Å². The Kier molecular flexibility index (Phi) is 6.96. The molecular weight excluding hydrogens is 438 g/mol. The van der Waals surface area contributed by atoms with Crippen LogP contribution in [0, 0.1) is 11.3 Å². The molecule has 2 aromatic carbocycles. The monoisotopic (exact) mass is 456 g/mol. The molecule has 1 heterocycles. The van der Waals surface area contributed by atoms with E-state index in [2.05, 4.69) is 4.99 Å². The van der Waals surface area contributed by atoms with Gasteiger partial charge < -0.3 is 9.47 Å². The first kappa shape index (κ1) is 23.4. The third-order valence-electron chi connectivity index (χ3n) is 4.67. The van der Waals surface area contributed by atoms with Gasteiger partial charge in [-0.25, -0.2) is 0 Å². The fourth-order valence-corrected chi connectivity index (χ4v) is 3.02. The maximum atomic E-state index is 13.2. The van der Waals surface area contributed by atoms with Crippen LogP contribution in [0.15, 0.2) is 41.4 Å². The van der Waals surface area contributed by atoms with Crippen molar-refractivity contribution in [3.05, 3.63) is 58.7 Å². The molecule has 0 aromatic heterocycles. The first-order chi connectivity index (χ1) is 15.1. The van der Waals surface area contributed by atoms with Gasteiger partial charge in [-0.1, -0.05) is 0 Å². The van der Waals surface area contributed by atoms with Crippen LogP contribution in [-0.4, -0.2) is 25.5 Å². The van der Waals surface area contributed by atoms with Crippen LogP contribution in [0.1, 0.15) is 41.5 Å². The average molecular weight is 456 g/mol. The number of unbranched alkanes of at least 4 members (excludes halogenated alkanes) is 2. The number of alkyl halides is 6. The largest absolute Gasteiger partial charge is 0.494 e. The third kappa shape index (κ3) is 6.15. The van der Waals surface area contributed by atoms with E-state index in [9.17, 15) is 26.3 Å². The molecule has 0 unspecified atom stereocenters. The molecule has 0 saturated carbocycles. The molecule has 0 radical (unpaired) electrons. The molecule has 0 fully saturated rings. The van der Waals surface area contributed by atoms with Crippen LogP contribution < -0.4 is 9.47 Å². The predicted octanol–water partition coefficient (Wildman–Crippen LogP) is 6.03. The van der Waals surface area contributed by atoms with Crippen LogP contribution in [0.3, 0.4) is 0 Å². The van der Waals surface area contributed by atoms with Crippen LogP contribution >= 0.6 is 0 Å². The number of hydrogen-bond donors (Lipinski definition) is 0. The molecule has 10 heteroatoms. The lowest BCUT2D eigenvalue weighted by Gasteiger charge is -2.13. The Bertz CT molecular complexity index is 1040. The maximum Gasteiger partial charge on any atom is 0.417 e. The minimum atomic E-state index is -4.65. The molecule has 32 heavy (non-hydrogen) atoms. The van der Waals surface area contributed by atoms with Crippen molar-refractivity contribution in [3.63, 3.8) is 0 Å². The molecule has 0 saturated heterocycles. The lowest BCUT2D eigenvalue weighted by Crippen LogP contribution is -2.11. The molecule has 0 spiro atoms. The lowest BCUT2D eigenvalue weighted by atomic mass is 10.0. The first-order valence-corrected chi connectivity index (χ1v) is 9.71. The predicted molar refractivity (Wildman–Crippen MR) is 104 cm³/mol. The Morgan fingerprint density at radius 3 is 1.84 bits per heavy atom. The zero-order chi connectivity index (χ0) is 23.4. The maximum absolute atomic E-state index is 13.2. The number of aliphatic imine (C=N–C) groups is 1. The van der Waals surface area contributed by atoms with Gasteiger partial charge in [-0.3, -0.25) is 4.99 Å². The Morgan fingerprint density at radius 2 is 1.34 bits per heavy atom. The molecular formula is C22H18F6N2O2. The smallest absolute Gasteiger partial charge is 0.417 e. The van der Waals surface area contributed by atoms with Crippen molar-refractivity contribution in [3.8, 4) is 17.6 Å². The van der Waals surface area contributed by atoms with E-state index in [4.69, 9.17) is 14.7 Å². The molecule has 0 N–H and O–H groups in total. The van der Waals surface area contributed by atoms with E-state index in [0.717, 1.165) is 18.2 Å². The molecule has 170 valence electrons. The standard InChI is InChI=1S/C22H18F6N2O2/c23-21(24,25)18-10-15(5-4-14(18)12-29)31-8-2-1-3-9-32-16-6-7-17(20-13-30-20)19(11-16)22(26,27)28/h4-7,10-11H,1-3,8-9,13H2. The van der Waals surface area contributed by atoms with Gasteiger partial charge in [0.05, 0.1) is 48.2 Å². The van der Waals surface area contributed by atoms with Crippen molar-refractivity contribution < 1.29 is 35.8 Å². The average Bonchev–Trinajstić information content (AvgIpc) is 3.57.